The summed E-state index contributed by atoms with van der Waals surface area (Å²) in [5.74, 6) is 0.992. The molecule has 0 saturated heterocycles. The van der Waals surface area contributed by atoms with Crippen LogP contribution in [0, 0.1) is 0 Å². The van der Waals surface area contributed by atoms with Crippen LogP contribution < -0.4 is 10.2 Å². The van der Waals surface area contributed by atoms with Crippen molar-refractivity contribution in [3.63, 3.8) is 0 Å². The van der Waals surface area contributed by atoms with E-state index in [1.165, 1.54) is 12.5 Å². The van der Waals surface area contributed by atoms with Crippen LogP contribution in [0.15, 0.2) is 58.2 Å². The molecule has 7 heteroatoms. The lowest BCUT2D eigenvalue weighted by molar-refractivity contribution is 0.0950. The van der Waals surface area contributed by atoms with E-state index in [0.29, 0.717) is 23.8 Å². The van der Waals surface area contributed by atoms with Gasteiger partial charge < -0.3 is 9.15 Å². The molecule has 0 spiro atoms. The minimum atomic E-state index is -0.383. The van der Waals surface area contributed by atoms with Gasteiger partial charge in [-0.1, -0.05) is 13.3 Å². The number of nitrogens with zero attached hydrogens (tertiary/aromatic N) is 2. The van der Waals surface area contributed by atoms with E-state index in [0.717, 1.165) is 24.2 Å². The summed E-state index contributed by atoms with van der Waals surface area (Å²) < 4.78 is 10.7. The number of carbonyl (C=O) groups excluding carboxylic acids is 1. The van der Waals surface area contributed by atoms with Gasteiger partial charge in [0.1, 0.15) is 17.2 Å². The number of hydrazone groups is 1. The van der Waals surface area contributed by atoms with Crippen molar-refractivity contribution in [2.24, 2.45) is 5.10 Å². The molecule has 0 aliphatic rings. The number of nitrogens with one attached hydrogen (secondary N) is 2. The van der Waals surface area contributed by atoms with Crippen molar-refractivity contribution < 1.29 is 13.9 Å². The molecule has 1 amide bonds. The lowest BCUT2D eigenvalue weighted by Crippen LogP contribution is -2.17. The highest BCUT2D eigenvalue weighted by molar-refractivity contribution is 5.93. The quantitative estimate of drug-likeness (QED) is 0.368. The van der Waals surface area contributed by atoms with Crippen LogP contribution in [0.25, 0.3) is 11.3 Å². The summed E-state index contributed by atoms with van der Waals surface area (Å²) in [6, 6.07) is 12.8. The molecule has 0 fully saturated rings. The van der Waals surface area contributed by atoms with Gasteiger partial charge in [0.15, 0.2) is 0 Å². The number of unbranched alkanes of at least 4 members (excludes halogenated alkanes) is 1. The van der Waals surface area contributed by atoms with Crippen molar-refractivity contribution in [3.05, 3.63) is 60.2 Å². The first-order valence-electron chi connectivity index (χ1n) is 8.42. The van der Waals surface area contributed by atoms with E-state index in [4.69, 9.17) is 9.15 Å². The zero-order valence-electron chi connectivity index (χ0n) is 14.4. The second-order valence-electron chi connectivity index (χ2n) is 5.61. The maximum Gasteiger partial charge on any atom is 0.289 e. The molecular formula is C19H20N4O3. The number of amides is 1. The number of hydrogen-bond acceptors (Lipinski definition) is 5. The fourth-order valence-electron chi connectivity index (χ4n) is 2.22. The summed E-state index contributed by atoms with van der Waals surface area (Å²) >= 11 is 0. The molecule has 0 saturated carbocycles. The lowest BCUT2D eigenvalue weighted by Gasteiger charge is -2.05. The van der Waals surface area contributed by atoms with Crippen LogP contribution >= 0.6 is 0 Å². The van der Waals surface area contributed by atoms with Crippen LogP contribution in [0.3, 0.4) is 0 Å². The van der Waals surface area contributed by atoms with Crippen LogP contribution in [0.1, 0.15) is 36.0 Å². The van der Waals surface area contributed by atoms with Gasteiger partial charge in [0.2, 0.25) is 0 Å². The number of H-pyrrole nitrogens is 1. The number of benzene rings is 1. The topological polar surface area (TPSA) is 92.5 Å². The zero-order valence-corrected chi connectivity index (χ0v) is 14.4. The Morgan fingerprint density at radius 1 is 1.35 bits per heavy atom. The van der Waals surface area contributed by atoms with Crippen molar-refractivity contribution >= 4 is 12.1 Å². The van der Waals surface area contributed by atoms with Crippen LogP contribution in [0.2, 0.25) is 0 Å². The molecule has 2 N–H and O–H groups in total. The smallest absolute Gasteiger partial charge is 0.289 e. The molecule has 26 heavy (non-hydrogen) atoms. The second-order valence-corrected chi connectivity index (χ2v) is 5.61. The molecule has 3 rings (SSSR count). The third-order valence-electron chi connectivity index (χ3n) is 3.64. The van der Waals surface area contributed by atoms with E-state index in [1.807, 2.05) is 24.3 Å². The van der Waals surface area contributed by atoms with E-state index in [-0.39, 0.29) is 5.91 Å². The minimum absolute atomic E-state index is 0.319. The van der Waals surface area contributed by atoms with Gasteiger partial charge in [0.25, 0.3) is 5.91 Å². The predicted octanol–water partition coefficient (Wildman–Crippen LogP) is 3.61. The van der Waals surface area contributed by atoms with Crippen molar-refractivity contribution in [3.8, 4) is 17.0 Å². The zero-order chi connectivity index (χ0) is 18.2. The summed E-state index contributed by atoms with van der Waals surface area (Å²) in [5.41, 5.74) is 4.30. The number of furan rings is 1. The molecular weight excluding hydrogens is 332 g/mol. The van der Waals surface area contributed by atoms with Gasteiger partial charge in [0, 0.05) is 5.56 Å². The molecule has 3 aromatic rings. The molecule has 0 atom stereocenters. The Balaban J connectivity index is 1.59. The maximum atomic E-state index is 12.1. The Morgan fingerprint density at radius 3 is 2.92 bits per heavy atom. The first-order valence-corrected chi connectivity index (χ1v) is 8.42. The second kappa shape index (κ2) is 8.66. The Hall–Kier alpha value is -3.35. The van der Waals surface area contributed by atoms with Gasteiger partial charge in [-0.05, 0) is 48.9 Å². The summed E-state index contributed by atoms with van der Waals surface area (Å²) in [7, 11) is 0. The molecule has 1 aromatic carbocycles. The monoisotopic (exact) mass is 352 g/mol. The first kappa shape index (κ1) is 17.5. The molecule has 2 heterocycles. The summed E-state index contributed by atoms with van der Waals surface area (Å²) in [6.07, 6.45) is 5.08. The predicted molar refractivity (Wildman–Crippen MR) is 98.2 cm³/mol. The van der Waals surface area contributed by atoms with Crippen LogP contribution in [-0.4, -0.2) is 28.9 Å². The molecule has 0 radical (unpaired) electrons. The fourth-order valence-corrected chi connectivity index (χ4v) is 2.22. The number of hydrogen-bond donors (Lipinski definition) is 2. The number of aromatic nitrogens is 2. The van der Waals surface area contributed by atoms with Crippen LogP contribution in [0.4, 0.5) is 0 Å². The van der Waals surface area contributed by atoms with Crippen molar-refractivity contribution in [2.45, 2.75) is 19.8 Å². The Bertz CT molecular complexity index is 851. The van der Waals surface area contributed by atoms with Crippen LogP contribution in [-0.2, 0) is 0 Å². The van der Waals surface area contributed by atoms with Gasteiger partial charge in [0.05, 0.1) is 24.8 Å². The maximum absolute atomic E-state index is 12.1. The van der Waals surface area contributed by atoms with Gasteiger partial charge >= 0.3 is 0 Å². The lowest BCUT2D eigenvalue weighted by atomic mass is 10.1. The minimum Gasteiger partial charge on any atom is -0.494 e. The first-order chi connectivity index (χ1) is 12.8. The Labute approximate surface area is 151 Å². The molecule has 0 aliphatic heterocycles. The van der Waals surface area contributed by atoms with E-state index >= 15 is 0 Å². The molecule has 7 nitrogen and oxygen atoms in total. The van der Waals surface area contributed by atoms with E-state index in [1.54, 1.807) is 18.2 Å². The van der Waals surface area contributed by atoms with E-state index in [2.05, 4.69) is 27.6 Å². The normalized spacial score (nSPS) is 11.0. The average Bonchev–Trinajstić information content (AvgIpc) is 3.34. The largest absolute Gasteiger partial charge is 0.494 e. The van der Waals surface area contributed by atoms with Gasteiger partial charge in [-0.15, -0.1) is 0 Å². The number of ether oxygens (including phenoxy) is 1. The third kappa shape index (κ3) is 4.60. The standard InChI is InChI=1S/C19H20N4O3/c1-2-3-10-25-15-8-6-14(7-9-15)17-12-18(22-21-17)19(24)23-20-13-16-5-4-11-26-16/h4-9,11-13H,2-3,10H2,1H3,(H,21,22)(H,23,24)/b20-13+. The molecule has 134 valence electrons. The SMILES string of the molecule is CCCCOc1ccc(-c2cc(C(=O)N/N=C/c3ccco3)[nH]n2)cc1. The van der Waals surface area contributed by atoms with Crippen molar-refractivity contribution in [1.82, 2.24) is 15.6 Å². The highest BCUT2D eigenvalue weighted by Gasteiger charge is 2.10. The Kier molecular flexibility index (Phi) is 5.82. The van der Waals surface area contributed by atoms with Gasteiger partial charge in [-0.2, -0.15) is 10.2 Å². The third-order valence-corrected chi connectivity index (χ3v) is 3.64. The number of rotatable bonds is 8. The summed E-state index contributed by atoms with van der Waals surface area (Å²) in [4.78, 5) is 12.1. The van der Waals surface area contributed by atoms with Crippen LogP contribution in [0.5, 0.6) is 5.75 Å². The molecule has 2 aromatic heterocycles. The highest BCUT2D eigenvalue weighted by atomic mass is 16.5. The van der Waals surface area contributed by atoms with Gasteiger partial charge in [-0.25, -0.2) is 5.43 Å². The number of aromatic amines is 1. The highest BCUT2D eigenvalue weighted by Crippen LogP contribution is 2.21. The van der Waals surface area contributed by atoms with Gasteiger partial charge in [-0.3, -0.25) is 9.89 Å². The van der Waals surface area contributed by atoms with E-state index in [9.17, 15) is 4.79 Å². The molecule has 0 unspecified atom stereocenters. The summed E-state index contributed by atoms with van der Waals surface area (Å²) in [6.45, 7) is 2.83. The summed E-state index contributed by atoms with van der Waals surface area (Å²) in [5, 5.41) is 10.7. The van der Waals surface area contributed by atoms with Crippen molar-refractivity contribution in [2.75, 3.05) is 6.61 Å². The molecule has 0 bridgehead atoms. The van der Waals surface area contributed by atoms with Crippen molar-refractivity contribution in [1.29, 1.82) is 0 Å². The Morgan fingerprint density at radius 2 is 2.19 bits per heavy atom. The fraction of sp³-hybridized carbons (Fsp3) is 0.211. The number of carbonyl (C=O) groups is 1. The average molecular weight is 352 g/mol. The molecule has 0 aliphatic carbocycles. The van der Waals surface area contributed by atoms with E-state index < -0.39 is 0 Å².